The number of halogens is 1. The number of carbonyl (C=O) groups excluding carboxylic acids is 2. The van der Waals surface area contributed by atoms with Gasteiger partial charge in [-0.15, -0.1) is 0 Å². The molecule has 10 nitrogen and oxygen atoms in total. The van der Waals surface area contributed by atoms with Gasteiger partial charge in [0, 0.05) is 30.2 Å². The molecule has 0 fully saturated rings. The lowest BCUT2D eigenvalue weighted by molar-refractivity contribution is -0.384. The van der Waals surface area contributed by atoms with Gasteiger partial charge in [0.25, 0.3) is 15.7 Å². The molecule has 0 heterocycles. The van der Waals surface area contributed by atoms with Crippen LogP contribution < -0.4 is 9.62 Å². The summed E-state index contributed by atoms with van der Waals surface area (Å²) in [6.45, 7) is 0.977. The lowest BCUT2D eigenvalue weighted by atomic mass is 10.1. The van der Waals surface area contributed by atoms with Gasteiger partial charge in [-0.05, 0) is 48.9 Å². The van der Waals surface area contributed by atoms with Crippen LogP contribution in [-0.2, 0) is 26.2 Å². The molecule has 0 bridgehead atoms. The van der Waals surface area contributed by atoms with Crippen LogP contribution in [0, 0.1) is 10.1 Å². The van der Waals surface area contributed by atoms with Crippen LogP contribution in [0.15, 0.2) is 88.2 Å². The van der Waals surface area contributed by atoms with Crippen molar-refractivity contribution in [2.24, 2.45) is 0 Å². The number of nitro groups is 1. The molecule has 37 heavy (non-hydrogen) atoms. The molecule has 0 aliphatic heterocycles. The minimum atomic E-state index is -4.24. The molecule has 0 radical (unpaired) electrons. The van der Waals surface area contributed by atoms with Gasteiger partial charge in [-0.25, -0.2) is 8.42 Å². The van der Waals surface area contributed by atoms with Crippen LogP contribution in [0.25, 0.3) is 0 Å². The molecule has 0 aliphatic rings. The molecule has 0 aromatic heterocycles. The summed E-state index contributed by atoms with van der Waals surface area (Å²) in [6, 6.07) is 18.7. The van der Waals surface area contributed by atoms with E-state index >= 15 is 0 Å². The highest BCUT2D eigenvalue weighted by molar-refractivity contribution is 9.10. The fraction of sp³-hybridized carbons (Fsp3) is 0.200. The van der Waals surface area contributed by atoms with Crippen LogP contribution in [0.4, 0.5) is 11.4 Å². The molecular weight excluding hydrogens is 564 g/mol. The minimum Gasteiger partial charge on any atom is -0.357 e. The van der Waals surface area contributed by atoms with Crippen molar-refractivity contribution in [3.05, 3.63) is 99.0 Å². The zero-order valence-corrected chi connectivity index (χ0v) is 22.5. The number of anilines is 1. The first kappa shape index (κ1) is 27.8. The average Bonchev–Trinajstić information content (AvgIpc) is 2.90. The number of amides is 2. The number of hydrogen-bond donors (Lipinski definition) is 1. The lowest BCUT2D eigenvalue weighted by Crippen LogP contribution is -2.50. The fourth-order valence-corrected chi connectivity index (χ4v) is 5.27. The third kappa shape index (κ3) is 6.71. The van der Waals surface area contributed by atoms with E-state index in [1.807, 2.05) is 0 Å². The van der Waals surface area contributed by atoms with E-state index in [1.54, 1.807) is 49.4 Å². The summed E-state index contributed by atoms with van der Waals surface area (Å²) in [6.07, 6.45) is 0. The molecule has 12 heteroatoms. The third-order valence-electron chi connectivity index (χ3n) is 5.64. The van der Waals surface area contributed by atoms with Gasteiger partial charge in [0.2, 0.25) is 11.8 Å². The summed E-state index contributed by atoms with van der Waals surface area (Å²) in [5, 5.41) is 13.6. The van der Waals surface area contributed by atoms with Crippen LogP contribution in [-0.4, -0.2) is 49.7 Å². The predicted octanol–water partition coefficient (Wildman–Crippen LogP) is 3.72. The Bertz CT molecular complexity index is 1370. The predicted molar refractivity (Wildman–Crippen MR) is 142 cm³/mol. The van der Waals surface area contributed by atoms with E-state index in [9.17, 15) is 28.1 Å². The molecule has 3 rings (SSSR count). The molecular formula is C25H25BrN4O6S. The Balaban J connectivity index is 2.03. The summed E-state index contributed by atoms with van der Waals surface area (Å²) in [7, 11) is -2.79. The van der Waals surface area contributed by atoms with Gasteiger partial charge >= 0.3 is 0 Å². The van der Waals surface area contributed by atoms with Crippen molar-refractivity contribution in [1.82, 2.24) is 10.2 Å². The molecule has 1 atom stereocenters. The van der Waals surface area contributed by atoms with Gasteiger partial charge in [0.05, 0.1) is 15.5 Å². The molecule has 0 saturated carbocycles. The summed E-state index contributed by atoms with van der Waals surface area (Å²) >= 11 is 3.36. The second kappa shape index (κ2) is 12.0. The van der Waals surface area contributed by atoms with Crippen molar-refractivity contribution in [2.45, 2.75) is 24.4 Å². The highest BCUT2D eigenvalue weighted by Crippen LogP contribution is 2.26. The Morgan fingerprint density at radius 2 is 1.59 bits per heavy atom. The number of benzene rings is 3. The van der Waals surface area contributed by atoms with Crippen LogP contribution >= 0.6 is 15.9 Å². The minimum absolute atomic E-state index is 0.0556. The Hall–Kier alpha value is -3.77. The van der Waals surface area contributed by atoms with Crippen molar-refractivity contribution < 1.29 is 22.9 Å². The van der Waals surface area contributed by atoms with E-state index in [4.69, 9.17) is 0 Å². The van der Waals surface area contributed by atoms with Gasteiger partial charge < -0.3 is 10.2 Å². The Morgan fingerprint density at radius 3 is 2.14 bits per heavy atom. The molecule has 1 N–H and O–H groups in total. The molecule has 3 aromatic carbocycles. The van der Waals surface area contributed by atoms with E-state index in [-0.39, 0.29) is 22.8 Å². The number of hydrogen-bond acceptors (Lipinski definition) is 6. The molecule has 3 aromatic rings. The number of likely N-dealkylation sites (N-methyl/N-ethyl adjacent to an activating group) is 1. The maximum Gasteiger partial charge on any atom is 0.269 e. The number of nitro benzene ring substituents is 1. The third-order valence-corrected chi connectivity index (χ3v) is 7.96. The SMILES string of the molecule is CNC(=O)[C@H](C)N(Cc1ccc(Br)cc1)C(=O)CN(c1ccc([N+](=O)[O-])cc1)S(=O)(=O)c1ccccc1. The van der Waals surface area contributed by atoms with Crippen LogP contribution in [0.3, 0.4) is 0 Å². The second-order valence-electron chi connectivity index (χ2n) is 8.04. The summed E-state index contributed by atoms with van der Waals surface area (Å²) in [5.74, 6) is -1.05. The van der Waals surface area contributed by atoms with E-state index in [0.29, 0.717) is 0 Å². The maximum absolute atomic E-state index is 13.6. The van der Waals surface area contributed by atoms with Crippen LogP contribution in [0.5, 0.6) is 0 Å². The zero-order chi connectivity index (χ0) is 27.2. The van der Waals surface area contributed by atoms with Gasteiger partial charge in [-0.2, -0.15) is 0 Å². The number of carbonyl (C=O) groups is 2. The van der Waals surface area contributed by atoms with E-state index in [0.717, 1.165) is 14.3 Å². The van der Waals surface area contributed by atoms with E-state index < -0.39 is 39.3 Å². The smallest absolute Gasteiger partial charge is 0.269 e. The zero-order valence-electron chi connectivity index (χ0n) is 20.1. The largest absolute Gasteiger partial charge is 0.357 e. The fourth-order valence-electron chi connectivity index (χ4n) is 3.57. The number of rotatable bonds is 10. The standard InChI is InChI=1S/C25H25BrN4O6S/c1-18(25(32)27-2)28(16-19-8-10-20(26)11-9-19)24(31)17-29(21-12-14-22(15-13-21)30(33)34)37(35,36)23-6-4-3-5-7-23/h3-15,18H,16-17H2,1-2H3,(H,27,32)/t18-/m0/s1. The van der Waals surface area contributed by atoms with Gasteiger partial charge in [-0.3, -0.25) is 24.0 Å². The van der Waals surface area contributed by atoms with Gasteiger partial charge in [0.1, 0.15) is 12.6 Å². The first-order valence-corrected chi connectivity index (χ1v) is 13.4. The van der Waals surface area contributed by atoms with Crippen molar-refractivity contribution >= 4 is 49.1 Å². The number of non-ortho nitro benzene ring substituents is 1. The van der Waals surface area contributed by atoms with Gasteiger partial charge in [-0.1, -0.05) is 46.3 Å². The molecule has 0 spiro atoms. The summed E-state index contributed by atoms with van der Waals surface area (Å²) in [4.78, 5) is 37.8. The molecule has 0 aliphatic carbocycles. The molecule has 194 valence electrons. The van der Waals surface area contributed by atoms with Crippen molar-refractivity contribution in [1.29, 1.82) is 0 Å². The molecule has 2 amide bonds. The van der Waals surface area contributed by atoms with Crippen molar-refractivity contribution in [3.63, 3.8) is 0 Å². The number of sulfonamides is 1. The Labute approximate surface area is 223 Å². The van der Waals surface area contributed by atoms with E-state index in [1.165, 1.54) is 48.3 Å². The topological polar surface area (TPSA) is 130 Å². The van der Waals surface area contributed by atoms with Crippen LogP contribution in [0.2, 0.25) is 0 Å². The second-order valence-corrected chi connectivity index (χ2v) is 10.8. The number of nitrogens with one attached hydrogen (secondary N) is 1. The highest BCUT2D eigenvalue weighted by Gasteiger charge is 2.32. The summed E-state index contributed by atoms with van der Waals surface area (Å²) in [5.41, 5.74) is 0.580. The lowest BCUT2D eigenvalue weighted by Gasteiger charge is -2.31. The Kier molecular flexibility index (Phi) is 9.00. The monoisotopic (exact) mass is 588 g/mol. The first-order valence-electron chi connectivity index (χ1n) is 11.1. The number of nitrogens with zero attached hydrogens (tertiary/aromatic N) is 3. The average molecular weight is 589 g/mol. The van der Waals surface area contributed by atoms with Crippen molar-refractivity contribution in [2.75, 3.05) is 17.9 Å². The molecule has 0 saturated heterocycles. The van der Waals surface area contributed by atoms with Gasteiger partial charge in [0.15, 0.2) is 0 Å². The quantitative estimate of drug-likeness (QED) is 0.284. The highest BCUT2D eigenvalue weighted by atomic mass is 79.9. The van der Waals surface area contributed by atoms with Crippen LogP contribution in [0.1, 0.15) is 12.5 Å². The van der Waals surface area contributed by atoms with E-state index in [2.05, 4.69) is 21.2 Å². The Morgan fingerprint density at radius 1 is 1.00 bits per heavy atom. The summed E-state index contributed by atoms with van der Waals surface area (Å²) < 4.78 is 28.9. The molecule has 0 unspecified atom stereocenters. The normalized spacial score (nSPS) is 11.9. The first-order chi connectivity index (χ1) is 17.5. The maximum atomic E-state index is 13.6. The van der Waals surface area contributed by atoms with Crippen molar-refractivity contribution in [3.8, 4) is 0 Å².